The van der Waals surface area contributed by atoms with Crippen molar-refractivity contribution in [2.24, 2.45) is 47.3 Å². The Labute approximate surface area is 235 Å². The van der Waals surface area contributed by atoms with Crippen LogP contribution in [0.25, 0.3) is 0 Å². The summed E-state index contributed by atoms with van der Waals surface area (Å²) in [6.45, 7) is 3.86. The Balaban J connectivity index is 1.21. The van der Waals surface area contributed by atoms with E-state index in [-0.39, 0.29) is 23.7 Å². The Morgan fingerprint density at radius 3 is 1.35 bits per heavy atom. The van der Waals surface area contributed by atoms with E-state index in [2.05, 4.69) is 6.92 Å². The Morgan fingerprint density at radius 1 is 0.600 bits per heavy atom. The van der Waals surface area contributed by atoms with Gasteiger partial charge in [0.15, 0.2) is 0 Å². The van der Waals surface area contributed by atoms with Crippen LogP contribution in [0.1, 0.15) is 117 Å². The lowest BCUT2D eigenvalue weighted by atomic mass is 9.49. The molecule has 0 aromatic rings. The third-order valence-corrected chi connectivity index (χ3v) is 12.5. The van der Waals surface area contributed by atoms with Crippen molar-refractivity contribution in [1.29, 1.82) is 0 Å². The first-order chi connectivity index (χ1) is 18.9. The zero-order valence-electron chi connectivity index (χ0n) is 24.1. The van der Waals surface area contributed by atoms with Crippen molar-refractivity contribution < 1.29 is 36.6 Å². The lowest BCUT2D eigenvalue weighted by Gasteiger charge is -2.60. The van der Waals surface area contributed by atoms with Crippen LogP contribution in [0.15, 0.2) is 0 Å². The van der Waals surface area contributed by atoms with Crippen molar-refractivity contribution in [1.82, 2.24) is 0 Å². The molecule has 4 nitrogen and oxygen atoms in total. The highest BCUT2D eigenvalue weighted by atomic mass is 19.3. The van der Waals surface area contributed by atoms with Gasteiger partial charge in [0.2, 0.25) is 0 Å². The van der Waals surface area contributed by atoms with Crippen LogP contribution in [0.5, 0.6) is 0 Å². The van der Waals surface area contributed by atoms with Gasteiger partial charge < -0.3 is 9.47 Å². The predicted octanol–water partition coefficient (Wildman–Crippen LogP) is 8.11. The number of carbonyl (C=O) groups excluding carboxylic acids is 2. The normalized spacial score (nSPS) is 43.2. The average Bonchev–Trinajstić information content (AvgIpc) is 2.90. The van der Waals surface area contributed by atoms with Crippen LogP contribution in [0, 0.1) is 47.3 Å². The second kappa shape index (κ2) is 10.1. The summed E-state index contributed by atoms with van der Waals surface area (Å²) in [5.74, 6) is -13.5. The minimum Gasteiger partial charge on any atom is -0.454 e. The molecule has 0 N–H and O–H groups in total. The molecule has 8 saturated carbocycles. The summed E-state index contributed by atoms with van der Waals surface area (Å²) in [5.41, 5.74) is -2.30. The quantitative estimate of drug-likeness (QED) is 0.143. The third kappa shape index (κ3) is 4.34. The number of alkyl halides is 4. The smallest absolute Gasteiger partial charge is 0.415 e. The third-order valence-electron chi connectivity index (χ3n) is 12.5. The van der Waals surface area contributed by atoms with E-state index in [1.807, 2.05) is 0 Å². The molecule has 226 valence electrons. The predicted molar refractivity (Wildman–Crippen MR) is 141 cm³/mol. The van der Waals surface area contributed by atoms with E-state index in [9.17, 15) is 9.59 Å². The number of esters is 2. The average molecular weight is 571 g/mol. The molecule has 8 bridgehead atoms. The molecule has 8 rings (SSSR count). The number of hydrogen-bond acceptors (Lipinski definition) is 4. The summed E-state index contributed by atoms with van der Waals surface area (Å²) in [4.78, 5) is 26.1. The van der Waals surface area contributed by atoms with Crippen LogP contribution >= 0.6 is 0 Å². The molecule has 0 atom stereocenters. The minimum absolute atomic E-state index is 0.0814. The van der Waals surface area contributed by atoms with Crippen LogP contribution in [0.3, 0.4) is 0 Å². The number of unbranched alkanes of at least 4 members (excludes halogenated alkanes) is 3. The van der Waals surface area contributed by atoms with Crippen LogP contribution in [-0.2, 0) is 19.1 Å². The number of hydrogen-bond donors (Lipinski definition) is 0. The highest BCUT2D eigenvalue weighted by Gasteiger charge is 2.73. The van der Waals surface area contributed by atoms with Gasteiger partial charge in [0.25, 0.3) is 0 Å². The number of rotatable bonds is 11. The van der Waals surface area contributed by atoms with Gasteiger partial charge in [-0.25, -0.2) is 9.59 Å². The van der Waals surface area contributed by atoms with E-state index in [0.29, 0.717) is 42.9 Å². The molecule has 0 amide bonds. The van der Waals surface area contributed by atoms with Crippen LogP contribution in [0.2, 0.25) is 0 Å². The molecule has 0 aliphatic heterocycles. The van der Waals surface area contributed by atoms with Gasteiger partial charge in [-0.05, 0) is 131 Å². The lowest BCUT2D eigenvalue weighted by molar-refractivity contribution is -0.273. The molecule has 0 aromatic carbocycles. The fraction of sp³-hybridized carbons (Fsp3) is 0.938. The molecule has 8 heteroatoms. The summed E-state index contributed by atoms with van der Waals surface area (Å²) in [6.07, 6.45) is 12.8. The topological polar surface area (TPSA) is 52.6 Å². The molecule has 0 saturated heterocycles. The zero-order chi connectivity index (χ0) is 28.5. The van der Waals surface area contributed by atoms with E-state index in [1.54, 1.807) is 6.92 Å². The Hall–Kier alpha value is -1.34. The van der Waals surface area contributed by atoms with Crippen LogP contribution in [-0.4, -0.2) is 35.0 Å². The van der Waals surface area contributed by atoms with Gasteiger partial charge >= 0.3 is 23.8 Å². The Kier molecular flexibility index (Phi) is 7.29. The summed E-state index contributed by atoms with van der Waals surface area (Å²) in [5, 5.41) is 0. The van der Waals surface area contributed by atoms with E-state index in [4.69, 9.17) is 9.47 Å². The van der Waals surface area contributed by atoms with Crippen LogP contribution in [0.4, 0.5) is 17.6 Å². The largest absolute Gasteiger partial charge is 0.454 e. The van der Waals surface area contributed by atoms with Gasteiger partial charge in [-0.1, -0.05) is 33.1 Å². The molecular formula is C32H46F4O4. The van der Waals surface area contributed by atoms with Crippen molar-refractivity contribution in [2.45, 2.75) is 140 Å². The maximum Gasteiger partial charge on any atom is 0.415 e. The highest BCUT2D eigenvalue weighted by molar-refractivity contribution is 5.90. The van der Waals surface area contributed by atoms with E-state index >= 15 is 17.6 Å². The van der Waals surface area contributed by atoms with E-state index in [1.165, 1.54) is 0 Å². The highest BCUT2D eigenvalue weighted by Crippen LogP contribution is 2.63. The van der Waals surface area contributed by atoms with Gasteiger partial charge in [0, 0.05) is 0 Å². The van der Waals surface area contributed by atoms with Crippen molar-refractivity contribution in [2.75, 3.05) is 0 Å². The number of halogens is 4. The summed E-state index contributed by atoms with van der Waals surface area (Å²) < 4.78 is 73.0. The first-order valence-corrected chi connectivity index (χ1v) is 16.2. The van der Waals surface area contributed by atoms with E-state index < -0.39 is 35.0 Å². The molecule has 0 unspecified atom stereocenters. The van der Waals surface area contributed by atoms with Gasteiger partial charge in [0.1, 0.15) is 11.2 Å². The standard InChI is InChI=1S/C32H46F4O4/c1-3-5-6-7-8-30(25-15-21-10-22(17-25)18-26(30)16-21)40-28(38)32(35,36)31(33,34)27(37)39-29(4-2)23-11-19-9-20(13-23)14-24(29)12-19/h19-26H,3-18H2,1-2H3. The van der Waals surface area contributed by atoms with Gasteiger partial charge in [-0.15, -0.1) is 0 Å². The van der Waals surface area contributed by atoms with E-state index in [0.717, 1.165) is 83.5 Å². The van der Waals surface area contributed by atoms with Crippen molar-refractivity contribution in [3.63, 3.8) is 0 Å². The Bertz CT molecular complexity index is 937. The molecule has 8 aliphatic carbocycles. The maximum atomic E-state index is 15.5. The van der Waals surface area contributed by atoms with Gasteiger partial charge in [0.05, 0.1) is 0 Å². The fourth-order valence-corrected chi connectivity index (χ4v) is 11.0. The number of carbonyl (C=O) groups is 2. The SMILES string of the molecule is CCCCCCC1(OC(=O)C(F)(F)C(F)(F)C(=O)OC2(CC)C3CC4CC(C3)CC2C4)C2CC3CC(C2)CC1C3. The summed E-state index contributed by atoms with van der Waals surface area (Å²) in [6, 6.07) is 0. The second-order valence-corrected chi connectivity index (χ2v) is 14.6. The molecule has 0 spiro atoms. The second-order valence-electron chi connectivity index (χ2n) is 14.6. The lowest BCUT2D eigenvalue weighted by Crippen LogP contribution is -2.64. The zero-order valence-corrected chi connectivity index (χ0v) is 24.1. The first kappa shape index (κ1) is 28.8. The molecule has 8 fully saturated rings. The monoisotopic (exact) mass is 570 g/mol. The maximum absolute atomic E-state index is 15.5. The summed E-state index contributed by atoms with van der Waals surface area (Å²) in [7, 11) is 0. The minimum atomic E-state index is -5.30. The van der Waals surface area contributed by atoms with Gasteiger partial charge in [-0.2, -0.15) is 17.6 Å². The molecule has 0 aromatic heterocycles. The Morgan fingerprint density at radius 2 is 0.975 bits per heavy atom. The number of ether oxygens (including phenoxy) is 2. The molecule has 8 aliphatic rings. The molecule has 40 heavy (non-hydrogen) atoms. The summed E-state index contributed by atoms with van der Waals surface area (Å²) >= 11 is 0. The molecule has 0 radical (unpaired) electrons. The van der Waals surface area contributed by atoms with Crippen molar-refractivity contribution >= 4 is 11.9 Å². The molecule has 0 heterocycles. The first-order valence-electron chi connectivity index (χ1n) is 16.2. The van der Waals surface area contributed by atoms with Crippen molar-refractivity contribution in [3.05, 3.63) is 0 Å². The van der Waals surface area contributed by atoms with Crippen molar-refractivity contribution in [3.8, 4) is 0 Å². The van der Waals surface area contributed by atoms with Crippen LogP contribution < -0.4 is 0 Å². The van der Waals surface area contributed by atoms with Gasteiger partial charge in [-0.3, -0.25) is 0 Å². The fourth-order valence-electron chi connectivity index (χ4n) is 11.0. The molecular weight excluding hydrogens is 524 g/mol.